The molecule has 1 N–H and O–H groups in total. The van der Waals surface area contributed by atoms with E-state index in [-0.39, 0.29) is 5.91 Å². The predicted octanol–water partition coefficient (Wildman–Crippen LogP) is 3.62. The molecule has 132 valence electrons. The molecule has 0 saturated carbocycles. The molecule has 4 nitrogen and oxygen atoms in total. The third-order valence-electron chi connectivity index (χ3n) is 5.11. The SMILES string of the molecule is COc1cccc2c1OC[C@@H](CNC(=O)c1scc3c1CCCC3)C2. The van der Waals surface area contributed by atoms with Gasteiger partial charge in [-0.15, -0.1) is 11.3 Å². The quantitative estimate of drug-likeness (QED) is 0.909. The first-order valence-corrected chi connectivity index (χ1v) is 9.80. The fourth-order valence-electron chi connectivity index (χ4n) is 3.78. The van der Waals surface area contributed by atoms with Crippen LogP contribution in [0.3, 0.4) is 0 Å². The summed E-state index contributed by atoms with van der Waals surface area (Å²) in [4.78, 5) is 13.5. The molecule has 0 spiro atoms. The summed E-state index contributed by atoms with van der Waals surface area (Å²) >= 11 is 1.59. The monoisotopic (exact) mass is 357 g/mol. The predicted molar refractivity (Wildman–Crippen MR) is 99.0 cm³/mol. The van der Waals surface area contributed by atoms with E-state index in [0.29, 0.717) is 19.1 Å². The molecule has 1 atom stereocenters. The van der Waals surface area contributed by atoms with Crippen molar-refractivity contribution in [3.05, 3.63) is 45.1 Å². The highest BCUT2D eigenvalue weighted by Gasteiger charge is 2.25. The first kappa shape index (κ1) is 16.5. The van der Waals surface area contributed by atoms with Crippen LogP contribution in [0.2, 0.25) is 0 Å². The first-order valence-electron chi connectivity index (χ1n) is 8.92. The van der Waals surface area contributed by atoms with Crippen LogP contribution in [0.4, 0.5) is 0 Å². The van der Waals surface area contributed by atoms with E-state index in [1.165, 1.54) is 24.0 Å². The Balaban J connectivity index is 1.39. The van der Waals surface area contributed by atoms with Gasteiger partial charge in [-0.1, -0.05) is 12.1 Å². The van der Waals surface area contributed by atoms with Gasteiger partial charge in [-0.3, -0.25) is 4.79 Å². The zero-order valence-corrected chi connectivity index (χ0v) is 15.3. The van der Waals surface area contributed by atoms with Crippen LogP contribution in [0, 0.1) is 5.92 Å². The maximum absolute atomic E-state index is 12.6. The standard InChI is InChI=1S/C20H23NO3S/c1-23-17-8-4-6-14-9-13(11-24-18(14)17)10-21-20(22)19-16-7-3-2-5-15(16)12-25-19/h4,6,8,12-13H,2-3,5,7,9-11H2,1H3,(H,21,22)/t13-/m1/s1. The minimum Gasteiger partial charge on any atom is -0.493 e. The molecule has 0 unspecified atom stereocenters. The lowest BCUT2D eigenvalue weighted by Crippen LogP contribution is -2.35. The smallest absolute Gasteiger partial charge is 0.261 e. The van der Waals surface area contributed by atoms with Crippen LogP contribution in [0.5, 0.6) is 11.5 Å². The van der Waals surface area contributed by atoms with Crippen molar-refractivity contribution in [3.8, 4) is 11.5 Å². The van der Waals surface area contributed by atoms with E-state index in [4.69, 9.17) is 9.47 Å². The van der Waals surface area contributed by atoms with E-state index in [1.54, 1.807) is 18.4 Å². The highest BCUT2D eigenvalue weighted by molar-refractivity contribution is 7.12. The Hall–Kier alpha value is -2.01. The molecule has 4 rings (SSSR count). The van der Waals surface area contributed by atoms with Crippen molar-refractivity contribution in [1.82, 2.24) is 5.32 Å². The number of ether oxygens (including phenoxy) is 2. The van der Waals surface area contributed by atoms with E-state index in [1.807, 2.05) is 12.1 Å². The minimum absolute atomic E-state index is 0.0737. The number of para-hydroxylation sites is 1. The van der Waals surface area contributed by atoms with Gasteiger partial charge in [-0.25, -0.2) is 0 Å². The van der Waals surface area contributed by atoms with Crippen molar-refractivity contribution in [2.24, 2.45) is 5.92 Å². The topological polar surface area (TPSA) is 47.6 Å². The summed E-state index contributed by atoms with van der Waals surface area (Å²) in [6, 6.07) is 5.97. The number of hydrogen-bond acceptors (Lipinski definition) is 4. The molecule has 2 aliphatic rings. The molecule has 1 aromatic heterocycles. The van der Waals surface area contributed by atoms with Gasteiger partial charge < -0.3 is 14.8 Å². The molecular formula is C20H23NO3S. The van der Waals surface area contributed by atoms with Crippen molar-refractivity contribution in [2.75, 3.05) is 20.3 Å². The van der Waals surface area contributed by atoms with Crippen LogP contribution in [-0.2, 0) is 19.3 Å². The molecule has 2 heterocycles. The Morgan fingerprint density at radius 2 is 2.20 bits per heavy atom. The van der Waals surface area contributed by atoms with Gasteiger partial charge in [0, 0.05) is 12.5 Å². The number of carbonyl (C=O) groups is 1. The van der Waals surface area contributed by atoms with E-state index < -0.39 is 0 Å². The summed E-state index contributed by atoms with van der Waals surface area (Å²) in [5.74, 6) is 1.99. The van der Waals surface area contributed by atoms with Crippen molar-refractivity contribution >= 4 is 17.2 Å². The number of nitrogens with one attached hydrogen (secondary N) is 1. The second kappa shape index (κ2) is 7.08. The summed E-state index contributed by atoms with van der Waals surface area (Å²) in [6.45, 7) is 1.25. The number of fused-ring (bicyclic) bond motifs is 2. The zero-order valence-electron chi connectivity index (χ0n) is 14.5. The number of benzene rings is 1. The number of carbonyl (C=O) groups excluding carboxylic acids is 1. The summed E-state index contributed by atoms with van der Waals surface area (Å²) in [6.07, 6.45) is 5.50. The summed E-state index contributed by atoms with van der Waals surface area (Å²) in [5, 5.41) is 5.29. The number of hydrogen-bond donors (Lipinski definition) is 1. The van der Waals surface area contributed by atoms with Gasteiger partial charge in [-0.2, -0.15) is 0 Å². The average molecular weight is 357 g/mol. The van der Waals surface area contributed by atoms with Crippen molar-refractivity contribution in [3.63, 3.8) is 0 Å². The van der Waals surface area contributed by atoms with Crippen molar-refractivity contribution in [1.29, 1.82) is 0 Å². The van der Waals surface area contributed by atoms with Crippen LogP contribution in [0.1, 0.15) is 39.2 Å². The van der Waals surface area contributed by atoms with Gasteiger partial charge in [0.2, 0.25) is 0 Å². The highest BCUT2D eigenvalue weighted by atomic mass is 32.1. The van der Waals surface area contributed by atoms with E-state index in [2.05, 4.69) is 16.8 Å². The van der Waals surface area contributed by atoms with Gasteiger partial charge in [0.05, 0.1) is 18.6 Å². The summed E-state index contributed by atoms with van der Waals surface area (Å²) < 4.78 is 11.3. The molecular weight excluding hydrogens is 334 g/mol. The summed E-state index contributed by atoms with van der Waals surface area (Å²) in [7, 11) is 1.66. The maximum atomic E-state index is 12.6. The van der Waals surface area contributed by atoms with E-state index in [0.717, 1.165) is 41.2 Å². The molecule has 1 aromatic carbocycles. The molecule has 2 aromatic rings. The normalized spacial score (nSPS) is 18.7. The Labute approximate surface area is 152 Å². The van der Waals surface area contributed by atoms with Crippen LogP contribution in [0.15, 0.2) is 23.6 Å². The number of rotatable bonds is 4. The molecule has 0 saturated heterocycles. The summed E-state index contributed by atoms with van der Waals surface area (Å²) in [5.41, 5.74) is 3.81. The lowest BCUT2D eigenvalue weighted by atomic mass is 9.93. The largest absolute Gasteiger partial charge is 0.493 e. The fourth-order valence-corrected chi connectivity index (χ4v) is 4.85. The molecule has 0 fully saturated rings. The van der Waals surface area contributed by atoms with Gasteiger partial charge in [0.15, 0.2) is 11.5 Å². The van der Waals surface area contributed by atoms with Crippen LogP contribution >= 0.6 is 11.3 Å². The molecule has 1 aliphatic heterocycles. The molecule has 0 radical (unpaired) electrons. The van der Waals surface area contributed by atoms with Crippen molar-refractivity contribution in [2.45, 2.75) is 32.1 Å². The Morgan fingerprint density at radius 3 is 3.08 bits per heavy atom. The zero-order chi connectivity index (χ0) is 17.2. The van der Waals surface area contributed by atoms with Gasteiger partial charge in [0.25, 0.3) is 5.91 Å². The number of amides is 1. The Kier molecular flexibility index (Phi) is 4.66. The number of thiophene rings is 1. The maximum Gasteiger partial charge on any atom is 0.261 e. The van der Waals surface area contributed by atoms with Gasteiger partial charge in [-0.05, 0) is 60.2 Å². The second-order valence-electron chi connectivity index (χ2n) is 6.82. The minimum atomic E-state index is 0.0737. The molecule has 5 heteroatoms. The van der Waals surface area contributed by atoms with Crippen LogP contribution < -0.4 is 14.8 Å². The Bertz CT molecular complexity index is 783. The molecule has 0 bridgehead atoms. The third kappa shape index (κ3) is 3.25. The van der Waals surface area contributed by atoms with Gasteiger partial charge in [0.1, 0.15) is 0 Å². The fraction of sp³-hybridized carbons (Fsp3) is 0.450. The van der Waals surface area contributed by atoms with Crippen LogP contribution in [0.25, 0.3) is 0 Å². The van der Waals surface area contributed by atoms with Gasteiger partial charge >= 0.3 is 0 Å². The van der Waals surface area contributed by atoms with Crippen LogP contribution in [-0.4, -0.2) is 26.2 Å². The average Bonchev–Trinajstić information content (AvgIpc) is 3.09. The lowest BCUT2D eigenvalue weighted by molar-refractivity contribution is 0.0941. The third-order valence-corrected chi connectivity index (χ3v) is 6.18. The van der Waals surface area contributed by atoms with E-state index in [9.17, 15) is 4.79 Å². The lowest BCUT2D eigenvalue weighted by Gasteiger charge is -2.26. The molecule has 1 aliphatic carbocycles. The van der Waals surface area contributed by atoms with E-state index >= 15 is 0 Å². The van der Waals surface area contributed by atoms with Crippen molar-refractivity contribution < 1.29 is 14.3 Å². The number of methoxy groups -OCH3 is 1. The second-order valence-corrected chi connectivity index (χ2v) is 7.70. The highest BCUT2D eigenvalue weighted by Crippen LogP contribution is 2.36. The molecule has 1 amide bonds. The molecule has 25 heavy (non-hydrogen) atoms. The first-order chi connectivity index (χ1) is 12.3. The Morgan fingerprint density at radius 1 is 1.32 bits per heavy atom. The number of aryl methyl sites for hydroxylation is 1.